The first-order valence-corrected chi connectivity index (χ1v) is 35.1. The van der Waals surface area contributed by atoms with Crippen molar-refractivity contribution in [1.29, 1.82) is 0 Å². The van der Waals surface area contributed by atoms with Crippen molar-refractivity contribution in [3.63, 3.8) is 0 Å². The molecule has 7 fully saturated rings. The summed E-state index contributed by atoms with van der Waals surface area (Å²) in [6, 6.07) is 28.8. The lowest BCUT2D eigenvalue weighted by Crippen LogP contribution is -2.51. The number of morpholine rings is 1. The highest BCUT2D eigenvalue weighted by atomic mass is 19.2. The first kappa shape index (κ1) is 74.5. The number of hydrogen-bond donors (Lipinski definition) is 5. The van der Waals surface area contributed by atoms with Gasteiger partial charge in [0.2, 0.25) is 23.6 Å². The van der Waals surface area contributed by atoms with E-state index < -0.39 is 70.5 Å². The lowest BCUT2D eigenvalue weighted by atomic mass is 9.82. The van der Waals surface area contributed by atoms with E-state index in [1.165, 1.54) is 0 Å². The van der Waals surface area contributed by atoms with Crippen LogP contribution in [0.5, 0.6) is 0 Å². The minimum absolute atomic E-state index is 0.00888. The second kappa shape index (κ2) is 33.6. The quantitative estimate of drug-likeness (QED) is 0.0293. The Labute approximate surface area is 586 Å². The molecule has 7 aliphatic heterocycles. The number of fused-ring (bicyclic) bond motifs is 6. The molecule has 8 N–H and O–H groups in total. The van der Waals surface area contributed by atoms with Crippen LogP contribution < -0.4 is 27.8 Å². The van der Waals surface area contributed by atoms with Crippen LogP contribution in [0.25, 0.3) is 0 Å². The van der Waals surface area contributed by atoms with E-state index in [1.807, 2.05) is 69.3 Å². The fourth-order valence-electron chi connectivity index (χ4n) is 16.3. The van der Waals surface area contributed by atoms with Crippen LogP contribution >= 0.6 is 0 Å². The molecule has 12 atom stereocenters. The molecule has 0 aliphatic carbocycles. The highest BCUT2D eigenvalue weighted by molar-refractivity contribution is 5.98. The van der Waals surface area contributed by atoms with Gasteiger partial charge in [-0.25, -0.2) is 39.5 Å². The van der Waals surface area contributed by atoms with Crippen LogP contribution in [0.4, 0.5) is 39.5 Å². The Kier molecular flexibility index (Phi) is 24.6. The minimum atomic E-state index is -1.22. The molecule has 6 bridgehead atoms. The smallest absolute Gasteiger partial charge is 0.254 e. The van der Waals surface area contributed by atoms with Crippen LogP contribution in [0, 0.1) is 70.1 Å². The van der Waals surface area contributed by atoms with Crippen molar-refractivity contribution in [1.82, 2.24) is 30.2 Å². The maximum absolute atomic E-state index is 14.2. The number of carbonyl (C=O) groups excluding carboxylic acids is 6. The summed E-state index contributed by atoms with van der Waals surface area (Å²) in [6.07, 6.45) is 9.10. The van der Waals surface area contributed by atoms with E-state index in [9.17, 15) is 68.3 Å². The molecule has 7 heterocycles. The van der Waals surface area contributed by atoms with Gasteiger partial charge in [-0.15, -0.1) is 0 Å². The van der Waals surface area contributed by atoms with E-state index in [4.69, 9.17) is 21.9 Å². The average Bonchev–Trinajstić information content (AvgIpc) is 1.68. The number of nitrogens with one attached hydrogen (secondary N) is 2. The van der Waals surface area contributed by atoms with Crippen molar-refractivity contribution in [3.8, 4) is 0 Å². The monoisotopic (exact) mass is 1420 g/mol. The summed E-state index contributed by atoms with van der Waals surface area (Å²) in [5.41, 5.74) is 22.2. The van der Waals surface area contributed by atoms with Gasteiger partial charge in [0.25, 0.3) is 11.8 Å². The maximum atomic E-state index is 14.2. The molecule has 0 aromatic heterocycles. The number of rotatable bonds is 19. The zero-order chi connectivity index (χ0) is 72.5. The van der Waals surface area contributed by atoms with Crippen molar-refractivity contribution in [2.45, 2.75) is 177 Å². The third-order valence-electron chi connectivity index (χ3n) is 21.5. The summed E-state index contributed by atoms with van der Waals surface area (Å²) in [7, 11) is 0. The predicted molar refractivity (Wildman–Crippen MR) is 361 cm³/mol. The highest BCUT2D eigenvalue weighted by Crippen LogP contribution is 2.44. The van der Waals surface area contributed by atoms with Gasteiger partial charge >= 0.3 is 0 Å². The lowest BCUT2D eigenvalue weighted by Gasteiger charge is -2.41. The van der Waals surface area contributed by atoms with Gasteiger partial charge in [0.05, 0.1) is 13.2 Å². The predicted octanol–water partition coefficient (Wildman–Crippen LogP) is 10.4. The van der Waals surface area contributed by atoms with Crippen LogP contribution in [-0.2, 0) is 56.3 Å². The number of piperidine rings is 3. The van der Waals surface area contributed by atoms with Crippen molar-refractivity contribution in [2.75, 3.05) is 26.3 Å². The molecule has 0 spiro atoms. The highest BCUT2D eigenvalue weighted by Gasteiger charge is 2.48. The molecule has 544 valence electrons. The van der Waals surface area contributed by atoms with E-state index in [0.717, 1.165) is 67.9 Å². The zero-order valence-electron chi connectivity index (χ0n) is 56.5. The SMILES string of the molecule is N[C@H](Cc1cc(F)c(F)cc1F)C1C[C@H]2CC[C@@H](C1)N2C(=O)CC(=O)N1CCOCC1.N[C@H](Cc1cc(F)c(F)cc1F)C1C[C@H]2CC[C@@H](C1)N2C(=O)CC(=O)NCc1ccccc1.N[C@H](Cc1cc(F)c(F)cc1F)C1C[C@H]2CC[C@@H](C1)N2C(=O)c1cccc(CNC(=O)c2ccccc2)c1. The molecule has 13 rings (SSSR count). The molecule has 3 unspecified atom stereocenters. The Bertz CT molecular complexity index is 3950. The fraction of sp³-hybridized carbons (Fsp3) is 0.455. The Hall–Kier alpha value is -8.65. The largest absolute Gasteiger partial charge is 0.378 e. The third kappa shape index (κ3) is 18.2. The van der Waals surface area contributed by atoms with Crippen molar-refractivity contribution in [3.05, 3.63) is 213 Å². The molecule has 102 heavy (non-hydrogen) atoms. The molecule has 6 aromatic carbocycles. The number of ether oxygens (including phenoxy) is 1. The van der Waals surface area contributed by atoms with Crippen molar-refractivity contribution >= 4 is 35.4 Å². The summed E-state index contributed by atoms with van der Waals surface area (Å²) in [6.45, 7) is 2.68. The Balaban J connectivity index is 0.000000155. The second-order valence-electron chi connectivity index (χ2n) is 28.2. The van der Waals surface area contributed by atoms with E-state index >= 15 is 0 Å². The van der Waals surface area contributed by atoms with Gasteiger partial charge in [0.15, 0.2) is 34.9 Å². The lowest BCUT2D eigenvalue weighted by molar-refractivity contribution is -0.146. The van der Waals surface area contributed by atoms with E-state index in [-0.39, 0.29) is 138 Å². The van der Waals surface area contributed by atoms with Crippen LogP contribution in [0.3, 0.4) is 0 Å². The van der Waals surface area contributed by atoms with Gasteiger partial charge < -0.3 is 52.2 Å². The van der Waals surface area contributed by atoms with Gasteiger partial charge in [-0.05, 0) is 184 Å². The molecule has 25 heteroatoms. The molecule has 7 aliphatic rings. The number of amides is 6. The standard InChI is InChI=1S/C30H30F3N3O2.C25H28F3N3O2.C22H28F3N3O3/c31-25-16-27(33)26(32)14-21(25)15-28(34)22-12-23-9-10-24(13-22)36(23)30(38)20-8-4-5-18(11-20)17-35-29(37)19-6-2-1-3-7-19;26-20-12-22(28)21(27)10-16(20)11-23(29)17-8-18-6-7-19(9-17)31(18)25(33)13-24(32)30-14-15-4-2-1-3-5-15;23-17-11-19(25)18(24)9-13(17)10-20(26)14-7-15-1-2-16(8-14)28(15)22(30)12-21(29)27-3-5-31-6-4-27/h1-8,11,14,16,22-24,28H,9-10,12-13,15,17,34H2,(H,35,37);1-5,10,12,17-19,23H,6-9,11,13-14,29H2,(H,30,32);9,11,14-16,20H,1-8,10,12,26H2/t22?,23-,24+,28-;17?,18-,19+,23-;14?,15-,16+,20-/m111/s1. The molecule has 6 amide bonds. The number of halogens is 9. The summed E-state index contributed by atoms with van der Waals surface area (Å²) in [5, 5.41) is 5.68. The first-order chi connectivity index (χ1) is 48.9. The first-order valence-electron chi connectivity index (χ1n) is 35.1. The van der Waals surface area contributed by atoms with Crippen molar-refractivity contribution in [2.24, 2.45) is 35.0 Å². The maximum Gasteiger partial charge on any atom is 0.254 e. The Morgan fingerprint density at radius 1 is 0.402 bits per heavy atom. The van der Waals surface area contributed by atoms with Gasteiger partial charge in [-0.3, -0.25) is 28.8 Å². The number of carbonyl (C=O) groups is 6. The molecule has 16 nitrogen and oxygen atoms in total. The van der Waals surface area contributed by atoms with E-state index in [2.05, 4.69) is 10.6 Å². The van der Waals surface area contributed by atoms with Crippen LogP contribution in [0.15, 0.2) is 121 Å². The normalized spacial score (nSPS) is 23.4. The Morgan fingerprint density at radius 3 is 1.20 bits per heavy atom. The number of nitrogens with two attached hydrogens (primary N) is 3. The van der Waals surface area contributed by atoms with E-state index in [0.29, 0.717) is 107 Å². The summed E-state index contributed by atoms with van der Waals surface area (Å²) in [4.78, 5) is 83.7. The number of nitrogens with zero attached hydrogens (tertiary/aromatic N) is 4. The van der Waals surface area contributed by atoms with Crippen molar-refractivity contribution < 1.29 is 73.0 Å². The van der Waals surface area contributed by atoms with Gasteiger partial charge in [-0.1, -0.05) is 60.7 Å². The molecule has 6 aromatic rings. The van der Waals surface area contributed by atoms with Crippen LogP contribution in [-0.4, -0.2) is 136 Å². The molecule has 0 radical (unpaired) electrons. The molecular formula is C77H86F9N9O7. The summed E-state index contributed by atoms with van der Waals surface area (Å²) in [5.74, 6) is -10.2. The third-order valence-corrected chi connectivity index (χ3v) is 21.5. The Morgan fingerprint density at radius 2 is 0.765 bits per heavy atom. The van der Waals surface area contributed by atoms with Gasteiger partial charge in [-0.2, -0.15) is 0 Å². The van der Waals surface area contributed by atoms with Crippen LogP contribution in [0.2, 0.25) is 0 Å². The molecular weight excluding hydrogens is 1330 g/mol. The molecule has 7 saturated heterocycles. The number of benzene rings is 6. The molecule has 0 saturated carbocycles. The minimum Gasteiger partial charge on any atom is -0.378 e. The zero-order valence-corrected chi connectivity index (χ0v) is 56.5. The summed E-state index contributed by atoms with van der Waals surface area (Å²) >= 11 is 0. The van der Waals surface area contributed by atoms with E-state index in [1.54, 1.807) is 35.2 Å². The average molecular weight is 1420 g/mol. The van der Waals surface area contributed by atoms with Crippen LogP contribution in [0.1, 0.15) is 138 Å². The second-order valence-corrected chi connectivity index (χ2v) is 28.2. The summed E-state index contributed by atoms with van der Waals surface area (Å²) < 4.78 is 128. The van der Waals surface area contributed by atoms with Gasteiger partial charge in [0.1, 0.15) is 30.3 Å². The fourth-order valence-corrected chi connectivity index (χ4v) is 16.3. The number of hydrogen-bond acceptors (Lipinski definition) is 10. The van der Waals surface area contributed by atoms with Gasteiger partial charge in [0, 0.05) is 110 Å². The topological polar surface area (TPSA) is 227 Å².